The highest BCUT2D eigenvalue weighted by molar-refractivity contribution is 6.02. The summed E-state index contributed by atoms with van der Waals surface area (Å²) in [7, 11) is 0. The molecule has 2 heterocycles. The molecule has 174 valence electrons. The van der Waals surface area contributed by atoms with Gasteiger partial charge < -0.3 is 9.73 Å². The molecule has 0 bridgehead atoms. The SMILES string of the molecule is O=C(NC1CC1)c1ccc(CN(CC(=O)N2CCC(c3ccccc3)=N2)Cc2ccco2)cc1. The lowest BCUT2D eigenvalue weighted by Crippen LogP contribution is -2.36. The number of hydrogen-bond donors (Lipinski definition) is 1. The number of carbonyl (C=O) groups excluding carboxylic acids is 2. The maximum Gasteiger partial charge on any atom is 0.256 e. The molecule has 7 heteroatoms. The van der Waals surface area contributed by atoms with Gasteiger partial charge in [0.05, 0.1) is 31.6 Å². The summed E-state index contributed by atoms with van der Waals surface area (Å²) in [6.07, 6.45) is 4.51. The second-order valence-electron chi connectivity index (χ2n) is 8.85. The highest BCUT2D eigenvalue weighted by Crippen LogP contribution is 2.20. The normalized spacial score (nSPS) is 15.4. The van der Waals surface area contributed by atoms with Crippen LogP contribution >= 0.6 is 0 Å². The number of nitrogens with zero attached hydrogens (tertiary/aromatic N) is 3. The van der Waals surface area contributed by atoms with Crippen molar-refractivity contribution in [3.63, 3.8) is 0 Å². The second-order valence-corrected chi connectivity index (χ2v) is 8.85. The number of nitrogens with one attached hydrogen (secondary N) is 1. The summed E-state index contributed by atoms with van der Waals surface area (Å²) < 4.78 is 5.53. The molecule has 2 aromatic carbocycles. The Morgan fingerprint density at radius 2 is 1.79 bits per heavy atom. The van der Waals surface area contributed by atoms with Crippen molar-refractivity contribution in [3.8, 4) is 0 Å². The first-order chi connectivity index (χ1) is 16.6. The molecule has 1 aliphatic heterocycles. The zero-order chi connectivity index (χ0) is 23.3. The monoisotopic (exact) mass is 456 g/mol. The average Bonchev–Trinajstić information content (AvgIpc) is 3.30. The minimum Gasteiger partial charge on any atom is -0.468 e. The molecular formula is C27H28N4O3. The fourth-order valence-corrected chi connectivity index (χ4v) is 4.05. The van der Waals surface area contributed by atoms with Crippen LogP contribution in [0.3, 0.4) is 0 Å². The van der Waals surface area contributed by atoms with Crippen LogP contribution in [0.25, 0.3) is 0 Å². The van der Waals surface area contributed by atoms with Gasteiger partial charge in [-0.25, -0.2) is 5.01 Å². The lowest BCUT2D eigenvalue weighted by atomic mass is 10.1. The first kappa shape index (κ1) is 22.1. The summed E-state index contributed by atoms with van der Waals surface area (Å²) in [5.41, 5.74) is 3.67. The van der Waals surface area contributed by atoms with Gasteiger partial charge in [-0.3, -0.25) is 14.5 Å². The van der Waals surface area contributed by atoms with Gasteiger partial charge in [0.1, 0.15) is 5.76 Å². The van der Waals surface area contributed by atoms with Gasteiger partial charge in [0.2, 0.25) is 0 Å². The van der Waals surface area contributed by atoms with Gasteiger partial charge in [0, 0.05) is 24.6 Å². The molecule has 0 atom stereocenters. The minimum absolute atomic E-state index is 0.0298. The van der Waals surface area contributed by atoms with Gasteiger partial charge in [-0.2, -0.15) is 5.10 Å². The summed E-state index contributed by atoms with van der Waals surface area (Å²) in [6, 6.07) is 21.6. The minimum atomic E-state index is -0.0436. The summed E-state index contributed by atoms with van der Waals surface area (Å²) >= 11 is 0. The van der Waals surface area contributed by atoms with Crippen molar-refractivity contribution in [1.29, 1.82) is 0 Å². The quantitative estimate of drug-likeness (QED) is 0.531. The molecule has 34 heavy (non-hydrogen) atoms. The van der Waals surface area contributed by atoms with Gasteiger partial charge in [-0.1, -0.05) is 42.5 Å². The summed E-state index contributed by atoms with van der Waals surface area (Å²) in [6.45, 7) is 1.87. The van der Waals surface area contributed by atoms with Crippen LogP contribution in [-0.4, -0.2) is 46.6 Å². The van der Waals surface area contributed by atoms with E-state index in [4.69, 9.17) is 4.42 Å². The van der Waals surface area contributed by atoms with Crippen molar-refractivity contribution in [3.05, 3.63) is 95.4 Å². The van der Waals surface area contributed by atoms with Gasteiger partial charge in [-0.15, -0.1) is 0 Å². The molecule has 7 nitrogen and oxygen atoms in total. The largest absolute Gasteiger partial charge is 0.468 e. The Morgan fingerprint density at radius 1 is 1.00 bits per heavy atom. The van der Waals surface area contributed by atoms with Crippen LogP contribution in [0, 0.1) is 0 Å². The fourth-order valence-electron chi connectivity index (χ4n) is 4.05. The maximum absolute atomic E-state index is 13.1. The Hall–Kier alpha value is -3.71. The third-order valence-corrected chi connectivity index (χ3v) is 6.05. The van der Waals surface area contributed by atoms with Crippen molar-refractivity contribution in [1.82, 2.24) is 15.2 Å². The number of hydrazone groups is 1. The topological polar surface area (TPSA) is 78.2 Å². The van der Waals surface area contributed by atoms with E-state index in [1.165, 1.54) is 0 Å². The van der Waals surface area contributed by atoms with Crippen molar-refractivity contribution in [2.24, 2.45) is 5.10 Å². The Bertz CT molecular complexity index is 1150. The first-order valence-electron chi connectivity index (χ1n) is 11.7. The van der Waals surface area contributed by atoms with Crippen molar-refractivity contribution in [2.75, 3.05) is 13.1 Å². The molecule has 1 N–H and O–H groups in total. The van der Waals surface area contributed by atoms with Gasteiger partial charge in [-0.05, 0) is 48.2 Å². The molecule has 0 radical (unpaired) electrons. The van der Waals surface area contributed by atoms with E-state index in [0.717, 1.165) is 41.9 Å². The zero-order valence-electron chi connectivity index (χ0n) is 19.0. The molecule has 1 aromatic heterocycles. The third kappa shape index (κ3) is 5.61. The van der Waals surface area contributed by atoms with E-state index >= 15 is 0 Å². The maximum atomic E-state index is 13.1. The Balaban J connectivity index is 1.25. The predicted molar refractivity (Wildman–Crippen MR) is 129 cm³/mol. The summed E-state index contributed by atoms with van der Waals surface area (Å²) in [5.74, 6) is 0.721. The van der Waals surface area contributed by atoms with E-state index in [2.05, 4.69) is 10.4 Å². The standard InChI is InChI=1S/C27H28N4O3/c32-26(31-15-14-25(29-31)21-5-2-1-3-6-21)19-30(18-24-7-4-16-34-24)17-20-8-10-22(11-9-20)27(33)28-23-12-13-23/h1-11,16,23H,12-15,17-19H2,(H,28,33). The smallest absolute Gasteiger partial charge is 0.256 e. The highest BCUT2D eigenvalue weighted by atomic mass is 16.3. The molecule has 2 amide bonds. The van der Waals surface area contributed by atoms with E-state index < -0.39 is 0 Å². The number of amides is 2. The van der Waals surface area contributed by atoms with Gasteiger partial charge >= 0.3 is 0 Å². The van der Waals surface area contributed by atoms with Crippen LogP contribution in [0.2, 0.25) is 0 Å². The van der Waals surface area contributed by atoms with Crippen LogP contribution in [0.1, 0.15) is 46.5 Å². The van der Waals surface area contributed by atoms with Crippen molar-refractivity contribution < 1.29 is 14.0 Å². The van der Waals surface area contributed by atoms with E-state index in [-0.39, 0.29) is 18.4 Å². The highest BCUT2D eigenvalue weighted by Gasteiger charge is 2.25. The lowest BCUT2D eigenvalue weighted by molar-refractivity contribution is -0.132. The summed E-state index contributed by atoms with van der Waals surface area (Å²) in [5, 5.41) is 9.16. The first-order valence-corrected chi connectivity index (χ1v) is 11.7. The molecule has 1 aliphatic carbocycles. The molecule has 0 saturated heterocycles. The molecule has 5 rings (SSSR count). The fraction of sp³-hybridized carbons (Fsp3) is 0.296. The van der Waals surface area contributed by atoms with E-state index in [1.54, 1.807) is 11.3 Å². The Morgan fingerprint density at radius 3 is 2.50 bits per heavy atom. The summed E-state index contributed by atoms with van der Waals surface area (Å²) in [4.78, 5) is 27.4. The van der Waals surface area contributed by atoms with E-state index in [0.29, 0.717) is 31.2 Å². The molecule has 3 aromatic rings. The third-order valence-electron chi connectivity index (χ3n) is 6.05. The molecule has 0 unspecified atom stereocenters. The molecule has 0 spiro atoms. The van der Waals surface area contributed by atoms with Crippen LogP contribution < -0.4 is 5.32 Å². The molecule has 1 saturated carbocycles. The molecular weight excluding hydrogens is 428 g/mol. The Kier molecular flexibility index (Phi) is 6.53. The van der Waals surface area contributed by atoms with E-state index in [9.17, 15) is 9.59 Å². The van der Waals surface area contributed by atoms with Crippen molar-refractivity contribution in [2.45, 2.75) is 38.4 Å². The Labute approximate surface area is 199 Å². The number of benzene rings is 2. The van der Waals surface area contributed by atoms with Crippen molar-refractivity contribution >= 4 is 17.5 Å². The molecule has 2 aliphatic rings. The predicted octanol–water partition coefficient (Wildman–Crippen LogP) is 3.81. The molecule has 1 fully saturated rings. The number of rotatable bonds is 9. The van der Waals surface area contributed by atoms with Crippen LogP contribution in [0.5, 0.6) is 0 Å². The number of furan rings is 1. The van der Waals surface area contributed by atoms with Crippen LogP contribution in [-0.2, 0) is 17.9 Å². The van der Waals surface area contributed by atoms with Crippen LogP contribution in [0.15, 0.2) is 82.5 Å². The lowest BCUT2D eigenvalue weighted by Gasteiger charge is -2.23. The van der Waals surface area contributed by atoms with Gasteiger partial charge in [0.25, 0.3) is 11.8 Å². The van der Waals surface area contributed by atoms with Crippen LogP contribution in [0.4, 0.5) is 0 Å². The number of hydrogen-bond acceptors (Lipinski definition) is 5. The average molecular weight is 457 g/mol. The number of carbonyl (C=O) groups is 2. The second kappa shape index (κ2) is 10.1. The zero-order valence-corrected chi connectivity index (χ0v) is 19.0. The van der Waals surface area contributed by atoms with E-state index in [1.807, 2.05) is 71.6 Å². The van der Waals surface area contributed by atoms with Gasteiger partial charge in [0.15, 0.2) is 0 Å².